The maximum absolute atomic E-state index is 14.0. The second-order valence-electron chi connectivity index (χ2n) is 8.22. The molecule has 1 saturated heterocycles. The van der Waals surface area contributed by atoms with Crippen LogP contribution in [0, 0.1) is 11.6 Å². The fourth-order valence-corrected chi connectivity index (χ4v) is 5.59. The third kappa shape index (κ3) is 5.58. The van der Waals surface area contributed by atoms with E-state index in [1.807, 2.05) is 0 Å². The summed E-state index contributed by atoms with van der Waals surface area (Å²) >= 11 is 7.47. The molecule has 12 heteroatoms. The summed E-state index contributed by atoms with van der Waals surface area (Å²) < 4.78 is 29.2. The fourth-order valence-electron chi connectivity index (χ4n) is 4.27. The van der Waals surface area contributed by atoms with Gasteiger partial charge in [0.1, 0.15) is 0 Å². The molecule has 3 amide bonds. The molecule has 0 spiro atoms. The minimum Gasteiger partial charge on any atom is -0.347 e. The topological polar surface area (TPSA) is 105 Å². The van der Waals surface area contributed by atoms with E-state index in [1.165, 1.54) is 23.6 Å². The number of aromatic nitrogens is 2. The second-order valence-corrected chi connectivity index (χ2v) is 9.71. The normalized spacial score (nSPS) is 19.8. The van der Waals surface area contributed by atoms with E-state index in [0.717, 1.165) is 17.0 Å². The second kappa shape index (κ2) is 10.6. The van der Waals surface area contributed by atoms with E-state index < -0.39 is 29.5 Å². The standard InChI is InChI=1S/C23H22ClF2N5O3S/c1-31-22(15(24)9-29-31)19-4-5-20(35-19)23(34)30-18-10-27-13(8-21(33)28-11-32)7-14(18)12-2-3-16(25)17(26)6-12/h2-6,9,11,13-14,18,27H,7-8,10H2,1H3,(H,30,34)(H,28,32,33)/t13?,14-,18+/m0/s1. The molecule has 35 heavy (non-hydrogen) atoms. The highest BCUT2D eigenvalue weighted by Crippen LogP contribution is 2.34. The Kier molecular flexibility index (Phi) is 7.58. The number of hydrogen-bond donors (Lipinski definition) is 3. The van der Waals surface area contributed by atoms with Crippen LogP contribution in [-0.4, -0.2) is 46.6 Å². The predicted molar refractivity (Wildman–Crippen MR) is 127 cm³/mol. The quantitative estimate of drug-likeness (QED) is 0.415. The van der Waals surface area contributed by atoms with Crippen LogP contribution in [0.5, 0.6) is 0 Å². The lowest BCUT2D eigenvalue weighted by molar-refractivity contribution is -0.125. The molecule has 3 N–H and O–H groups in total. The highest BCUT2D eigenvalue weighted by atomic mass is 35.5. The van der Waals surface area contributed by atoms with Crippen LogP contribution in [0.4, 0.5) is 8.78 Å². The van der Waals surface area contributed by atoms with E-state index in [0.29, 0.717) is 40.5 Å². The van der Waals surface area contributed by atoms with Crippen molar-refractivity contribution in [2.24, 2.45) is 7.05 Å². The van der Waals surface area contributed by atoms with Gasteiger partial charge in [-0.25, -0.2) is 8.78 Å². The number of halogens is 3. The van der Waals surface area contributed by atoms with Gasteiger partial charge in [-0.05, 0) is 36.2 Å². The van der Waals surface area contributed by atoms with E-state index in [9.17, 15) is 23.2 Å². The van der Waals surface area contributed by atoms with Crippen LogP contribution in [0.3, 0.4) is 0 Å². The Morgan fingerprint density at radius 1 is 1.29 bits per heavy atom. The molecule has 0 aliphatic carbocycles. The number of hydrogen-bond acceptors (Lipinski definition) is 6. The molecule has 1 unspecified atom stereocenters. The Balaban J connectivity index is 1.54. The number of aryl methyl sites for hydroxylation is 1. The molecule has 4 rings (SSSR count). The molecule has 0 bridgehead atoms. The Bertz CT molecular complexity index is 1240. The lowest BCUT2D eigenvalue weighted by Gasteiger charge is -2.37. The molecule has 1 fully saturated rings. The number of nitrogens with one attached hydrogen (secondary N) is 3. The Morgan fingerprint density at radius 2 is 2.09 bits per heavy atom. The average molecular weight is 522 g/mol. The molecular weight excluding hydrogens is 500 g/mol. The van der Waals surface area contributed by atoms with Gasteiger partial charge in [-0.3, -0.25) is 24.4 Å². The summed E-state index contributed by atoms with van der Waals surface area (Å²) in [5.74, 6) is -3.13. The number of amides is 3. The van der Waals surface area contributed by atoms with Gasteiger partial charge in [-0.1, -0.05) is 17.7 Å². The maximum atomic E-state index is 14.0. The molecule has 0 radical (unpaired) electrons. The lowest BCUT2D eigenvalue weighted by Crippen LogP contribution is -2.54. The van der Waals surface area contributed by atoms with Gasteiger partial charge < -0.3 is 10.6 Å². The van der Waals surface area contributed by atoms with Gasteiger partial charge in [0.05, 0.1) is 26.7 Å². The monoisotopic (exact) mass is 521 g/mol. The zero-order chi connectivity index (χ0) is 25.1. The first kappa shape index (κ1) is 25.0. The van der Waals surface area contributed by atoms with Gasteiger partial charge in [0.15, 0.2) is 11.6 Å². The Morgan fingerprint density at radius 3 is 2.77 bits per heavy atom. The molecule has 2 aromatic heterocycles. The number of benzene rings is 1. The van der Waals surface area contributed by atoms with Gasteiger partial charge in [0.2, 0.25) is 12.3 Å². The van der Waals surface area contributed by atoms with Gasteiger partial charge in [0, 0.05) is 38.0 Å². The molecule has 1 aliphatic rings. The van der Waals surface area contributed by atoms with Crippen molar-refractivity contribution in [2.75, 3.05) is 6.54 Å². The average Bonchev–Trinajstić information content (AvgIpc) is 3.43. The van der Waals surface area contributed by atoms with E-state index in [-0.39, 0.29) is 18.4 Å². The van der Waals surface area contributed by atoms with Crippen molar-refractivity contribution in [3.63, 3.8) is 0 Å². The highest BCUT2D eigenvalue weighted by Gasteiger charge is 2.34. The predicted octanol–water partition coefficient (Wildman–Crippen LogP) is 2.99. The molecule has 3 heterocycles. The van der Waals surface area contributed by atoms with Crippen LogP contribution in [0.25, 0.3) is 10.6 Å². The van der Waals surface area contributed by atoms with Crippen molar-refractivity contribution in [1.29, 1.82) is 0 Å². The van der Waals surface area contributed by atoms with Crippen molar-refractivity contribution in [1.82, 2.24) is 25.7 Å². The van der Waals surface area contributed by atoms with Crippen molar-refractivity contribution in [3.05, 3.63) is 63.6 Å². The first-order valence-corrected chi connectivity index (χ1v) is 12.0. The Hall–Kier alpha value is -3.15. The van der Waals surface area contributed by atoms with Crippen molar-refractivity contribution in [3.8, 4) is 10.6 Å². The smallest absolute Gasteiger partial charge is 0.261 e. The molecule has 8 nitrogen and oxygen atoms in total. The summed E-state index contributed by atoms with van der Waals surface area (Å²) in [5.41, 5.74) is 1.20. The van der Waals surface area contributed by atoms with Gasteiger partial charge in [-0.2, -0.15) is 5.10 Å². The van der Waals surface area contributed by atoms with Crippen molar-refractivity contribution >= 4 is 41.2 Å². The number of nitrogens with zero attached hydrogens (tertiary/aromatic N) is 2. The number of rotatable bonds is 7. The van der Waals surface area contributed by atoms with Crippen molar-refractivity contribution < 1.29 is 23.2 Å². The summed E-state index contributed by atoms with van der Waals surface area (Å²) in [6.07, 6.45) is 2.24. The van der Waals surface area contributed by atoms with Crippen LogP contribution >= 0.6 is 22.9 Å². The molecule has 1 aromatic carbocycles. The summed E-state index contributed by atoms with van der Waals surface area (Å²) in [6.45, 7) is 0.292. The largest absolute Gasteiger partial charge is 0.347 e. The summed E-state index contributed by atoms with van der Waals surface area (Å²) in [7, 11) is 1.76. The summed E-state index contributed by atoms with van der Waals surface area (Å²) in [5, 5.41) is 12.9. The molecule has 3 atom stereocenters. The number of carbonyl (C=O) groups is 3. The molecule has 0 saturated carbocycles. The van der Waals surface area contributed by atoms with Crippen LogP contribution in [0.2, 0.25) is 5.02 Å². The minimum absolute atomic E-state index is 0.0271. The van der Waals surface area contributed by atoms with Crippen molar-refractivity contribution in [2.45, 2.75) is 30.8 Å². The molecule has 1 aliphatic heterocycles. The lowest BCUT2D eigenvalue weighted by atomic mass is 9.81. The van der Waals surface area contributed by atoms with Gasteiger partial charge in [-0.15, -0.1) is 11.3 Å². The minimum atomic E-state index is -0.989. The number of piperidine rings is 1. The fraction of sp³-hybridized carbons (Fsp3) is 0.304. The van der Waals surface area contributed by atoms with E-state index >= 15 is 0 Å². The first-order chi connectivity index (χ1) is 16.8. The van der Waals surface area contributed by atoms with Crippen LogP contribution in [0.1, 0.15) is 34.0 Å². The number of imide groups is 1. The molecular formula is C23H22ClF2N5O3S. The Labute approximate surface area is 208 Å². The highest BCUT2D eigenvalue weighted by molar-refractivity contribution is 7.17. The zero-order valence-corrected chi connectivity index (χ0v) is 20.1. The molecule has 3 aromatic rings. The van der Waals surface area contributed by atoms with Gasteiger partial charge >= 0.3 is 0 Å². The van der Waals surface area contributed by atoms with Crippen LogP contribution < -0.4 is 16.0 Å². The van der Waals surface area contributed by atoms with E-state index in [1.54, 1.807) is 23.9 Å². The maximum Gasteiger partial charge on any atom is 0.261 e. The molecule has 184 valence electrons. The summed E-state index contributed by atoms with van der Waals surface area (Å²) in [4.78, 5) is 36.7. The third-order valence-corrected chi connectivity index (χ3v) is 7.32. The van der Waals surface area contributed by atoms with Crippen LogP contribution in [-0.2, 0) is 16.6 Å². The summed E-state index contributed by atoms with van der Waals surface area (Å²) in [6, 6.07) is 6.34. The van der Waals surface area contributed by atoms with E-state index in [2.05, 4.69) is 21.0 Å². The van der Waals surface area contributed by atoms with Crippen LogP contribution in [0.15, 0.2) is 36.5 Å². The number of thiophene rings is 1. The number of carbonyl (C=O) groups excluding carboxylic acids is 3. The third-order valence-electron chi connectivity index (χ3n) is 5.95. The SMILES string of the molecule is Cn1ncc(Cl)c1-c1ccc(C(=O)N[C@@H]2CNC(CC(=O)NC=O)C[C@H]2c2ccc(F)c(F)c2)s1. The van der Waals surface area contributed by atoms with Gasteiger partial charge in [0.25, 0.3) is 5.91 Å². The zero-order valence-electron chi connectivity index (χ0n) is 18.6. The van der Waals surface area contributed by atoms with E-state index in [4.69, 9.17) is 11.6 Å². The first-order valence-electron chi connectivity index (χ1n) is 10.8.